The molecule has 2 fully saturated rings. The SMILES string of the molecule is CC1(C)OB(c2ccc(OC3CCNCC3)cc2)OC1(C)C. The molecule has 22 heavy (non-hydrogen) atoms. The normalized spacial score (nSPS) is 24.5. The maximum atomic E-state index is 6.07. The molecule has 2 aliphatic heterocycles. The molecule has 0 bridgehead atoms. The maximum Gasteiger partial charge on any atom is 0.494 e. The zero-order valence-corrected chi connectivity index (χ0v) is 14.0. The summed E-state index contributed by atoms with van der Waals surface area (Å²) in [5.41, 5.74) is 0.431. The van der Waals surface area contributed by atoms with Gasteiger partial charge in [-0.2, -0.15) is 0 Å². The van der Waals surface area contributed by atoms with Gasteiger partial charge in [0.2, 0.25) is 0 Å². The van der Waals surface area contributed by atoms with Crippen LogP contribution in [0.2, 0.25) is 0 Å². The quantitative estimate of drug-likeness (QED) is 0.868. The van der Waals surface area contributed by atoms with E-state index in [2.05, 4.69) is 33.0 Å². The number of hydrogen-bond acceptors (Lipinski definition) is 4. The molecule has 0 spiro atoms. The van der Waals surface area contributed by atoms with Gasteiger partial charge in [0.25, 0.3) is 0 Å². The highest BCUT2D eigenvalue weighted by Crippen LogP contribution is 2.36. The van der Waals surface area contributed by atoms with Gasteiger partial charge in [0, 0.05) is 0 Å². The third-order valence-corrected chi connectivity index (χ3v) is 4.99. The van der Waals surface area contributed by atoms with Crippen LogP contribution >= 0.6 is 0 Å². The molecule has 2 aliphatic rings. The van der Waals surface area contributed by atoms with Crippen LogP contribution in [0, 0.1) is 0 Å². The van der Waals surface area contributed by atoms with E-state index in [0.29, 0.717) is 6.10 Å². The second-order valence-corrected chi connectivity index (χ2v) is 7.22. The van der Waals surface area contributed by atoms with Crippen LogP contribution < -0.4 is 15.5 Å². The highest BCUT2D eigenvalue weighted by Gasteiger charge is 2.51. The van der Waals surface area contributed by atoms with Crippen LogP contribution in [0.25, 0.3) is 0 Å². The number of benzene rings is 1. The monoisotopic (exact) mass is 303 g/mol. The van der Waals surface area contributed by atoms with Crippen LogP contribution in [0.4, 0.5) is 0 Å². The Bertz CT molecular complexity index is 493. The van der Waals surface area contributed by atoms with Crippen molar-refractivity contribution >= 4 is 12.6 Å². The van der Waals surface area contributed by atoms with Gasteiger partial charge >= 0.3 is 7.12 Å². The second kappa shape index (κ2) is 5.87. The van der Waals surface area contributed by atoms with Crippen LogP contribution in [0.15, 0.2) is 24.3 Å². The van der Waals surface area contributed by atoms with Gasteiger partial charge in [0.1, 0.15) is 11.9 Å². The topological polar surface area (TPSA) is 39.7 Å². The first-order valence-corrected chi connectivity index (χ1v) is 8.20. The van der Waals surface area contributed by atoms with E-state index in [0.717, 1.165) is 37.1 Å². The summed E-state index contributed by atoms with van der Waals surface area (Å²) in [6, 6.07) is 8.11. The molecule has 1 N–H and O–H groups in total. The Morgan fingerprint density at radius 3 is 2.09 bits per heavy atom. The molecular formula is C17H26BNO3. The van der Waals surface area contributed by atoms with E-state index in [-0.39, 0.29) is 18.3 Å². The molecule has 120 valence electrons. The van der Waals surface area contributed by atoms with Gasteiger partial charge < -0.3 is 19.4 Å². The molecule has 0 unspecified atom stereocenters. The fraction of sp³-hybridized carbons (Fsp3) is 0.647. The van der Waals surface area contributed by atoms with E-state index in [1.165, 1.54) is 0 Å². The van der Waals surface area contributed by atoms with Gasteiger partial charge in [0.15, 0.2) is 0 Å². The molecule has 2 saturated heterocycles. The number of hydrogen-bond donors (Lipinski definition) is 1. The first-order chi connectivity index (χ1) is 10.4. The van der Waals surface area contributed by atoms with Crippen molar-refractivity contribution in [2.45, 2.75) is 57.8 Å². The molecule has 0 aliphatic carbocycles. The Hall–Kier alpha value is -1.04. The summed E-state index contributed by atoms with van der Waals surface area (Å²) >= 11 is 0. The van der Waals surface area contributed by atoms with E-state index in [1.54, 1.807) is 0 Å². The van der Waals surface area contributed by atoms with Crippen molar-refractivity contribution in [3.05, 3.63) is 24.3 Å². The molecule has 1 aromatic rings. The predicted octanol–water partition coefficient (Wildman–Crippen LogP) is 2.12. The Labute approximate surface area is 133 Å². The standard InChI is InChI=1S/C17H26BNO3/c1-16(2)17(3,4)22-18(21-16)13-5-7-14(8-6-13)20-15-9-11-19-12-10-15/h5-8,15,19H,9-12H2,1-4H3. The van der Waals surface area contributed by atoms with Crippen LogP contribution in [-0.2, 0) is 9.31 Å². The first kappa shape index (κ1) is 15.8. The van der Waals surface area contributed by atoms with Crippen molar-refractivity contribution < 1.29 is 14.0 Å². The Kier molecular flexibility index (Phi) is 4.23. The van der Waals surface area contributed by atoms with Crippen LogP contribution in [0.3, 0.4) is 0 Å². The molecule has 1 aromatic carbocycles. The van der Waals surface area contributed by atoms with E-state index < -0.39 is 0 Å². The average Bonchev–Trinajstić information content (AvgIpc) is 2.69. The lowest BCUT2D eigenvalue weighted by atomic mass is 9.79. The van der Waals surface area contributed by atoms with Gasteiger partial charge in [-0.3, -0.25) is 0 Å². The van der Waals surface area contributed by atoms with E-state index in [4.69, 9.17) is 14.0 Å². The molecule has 0 radical (unpaired) electrons. The zero-order valence-electron chi connectivity index (χ0n) is 14.0. The molecule has 5 heteroatoms. The van der Waals surface area contributed by atoms with Gasteiger partial charge in [-0.1, -0.05) is 12.1 Å². The van der Waals surface area contributed by atoms with Gasteiger partial charge in [0.05, 0.1) is 11.2 Å². The maximum absolute atomic E-state index is 6.07. The number of ether oxygens (including phenoxy) is 1. The van der Waals surface area contributed by atoms with Gasteiger partial charge in [-0.15, -0.1) is 0 Å². The molecule has 4 nitrogen and oxygen atoms in total. The van der Waals surface area contributed by atoms with Crippen molar-refractivity contribution in [1.82, 2.24) is 5.32 Å². The van der Waals surface area contributed by atoms with Crippen molar-refractivity contribution in [1.29, 1.82) is 0 Å². The lowest BCUT2D eigenvalue weighted by Crippen LogP contribution is -2.41. The van der Waals surface area contributed by atoms with Crippen molar-refractivity contribution in [2.75, 3.05) is 13.1 Å². The Morgan fingerprint density at radius 1 is 1.00 bits per heavy atom. The summed E-state index contributed by atoms with van der Waals surface area (Å²) in [5.74, 6) is 0.923. The number of piperidine rings is 1. The lowest BCUT2D eigenvalue weighted by Gasteiger charge is -2.32. The van der Waals surface area contributed by atoms with Crippen LogP contribution in [0.1, 0.15) is 40.5 Å². The minimum atomic E-state index is -0.307. The first-order valence-electron chi connectivity index (χ1n) is 8.20. The summed E-state index contributed by atoms with van der Waals surface area (Å²) in [6.07, 6.45) is 2.46. The van der Waals surface area contributed by atoms with Crippen LogP contribution in [0.5, 0.6) is 5.75 Å². The molecule has 0 saturated carbocycles. The second-order valence-electron chi connectivity index (χ2n) is 7.22. The number of rotatable bonds is 3. The number of nitrogens with one attached hydrogen (secondary N) is 1. The van der Waals surface area contributed by atoms with E-state index >= 15 is 0 Å². The van der Waals surface area contributed by atoms with Crippen molar-refractivity contribution in [3.8, 4) is 5.75 Å². The van der Waals surface area contributed by atoms with Crippen LogP contribution in [-0.4, -0.2) is 37.5 Å². The summed E-state index contributed by atoms with van der Waals surface area (Å²) < 4.78 is 18.2. The molecule has 2 heterocycles. The van der Waals surface area contributed by atoms with Crippen molar-refractivity contribution in [3.63, 3.8) is 0 Å². The third-order valence-electron chi connectivity index (χ3n) is 4.99. The Morgan fingerprint density at radius 2 is 1.55 bits per heavy atom. The highest BCUT2D eigenvalue weighted by molar-refractivity contribution is 6.62. The van der Waals surface area contributed by atoms with Crippen molar-refractivity contribution in [2.24, 2.45) is 0 Å². The molecule has 0 aromatic heterocycles. The Balaban J connectivity index is 1.65. The van der Waals surface area contributed by atoms with E-state index in [9.17, 15) is 0 Å². The fourth-order valence-corrected chi connectivity index (χ4v) is 2.79. The van der Waals surface area contributed by atoms with Gasteiger partial charge in [-0.05, 0) is 71.2 Å². The molecule has 0 atom stereocenters. The minimum absolute atomic E-state index is 0.304. The lowest BCUT2D eigenvalue weighted by molar-refractivity contribution is 0.00578. The molecule has 3 rings (SSSR count). The molecular weight excluding hydrogens is 277 g/mol. The largest absolute Gasteiger partial charge is 0.494 e. The third kappa shape index (κ3) is 3.17. The fourth-order valence-electron chi connectivity index (χ4n) is 2.79. The minimum Gasteiger partial charge on any atom is -0.490 e. The molecule has 0 amide bonds. The zero-order chi connectivity index (χ0) is 15.8. The summed E-state index contributed by atoms with van der Waals surface area (Å²) in [5, 5.41) is 3.35. The van der Waals surface area contributed by atoms with Gasteiger partial charge in [-0.25, -0.2) is 0 Å². The summed E-state index contributed by atoms with van der Waals surface area (Å²) in [4.78, 5) is 0. The highest BCUT2D eigenvalue weighted by atomic mass is 16.7. The smallest absolute Gasteiger partial charge is 0.490 e. The average molecular weight is 303 g/mol. The summed E-state index contributed by atoms with van der Waals surface area (Å²) in [6.45, 7) is 10.4. The van der Waals surface area contributed by atoms with E-state index in [1.807, 2.05) is 24.3 Å². The summed E-state index contributed by atoms with van der Waals surface area (Å²) in [7, 11) is -0.307. The predicted molar refractivity (Wildman–Crippen MR) is 88.7 cm³/mol.